The van der Waals surface area contributed by atoms with Crippen LogP contribution in [-0.4, -0.2) is 19.8 Å². The second kappa shape index (κ2) is 6.24. The van der Waals surface area contributed by atoms with Gasteiger partial charge in [-0.2, -0.15) is 0 Å². The quantitative estimate of drug-likeness (QED) is 0.801. The summed E-state index contributed by atoms with van der Waals surface area (Å²) in [5.41, 5.74) is 1.63. The minimum absolute atomic E-state index is 0.233. The number of hydrogen-bond donors (Lipinski definition) is 1. The molecular formula is C15H15IO3S. The van der Waals surface area contributed by atoms with Gasteiger partial charge in [0.2, 0.25) is 0 Å². The van der Waals surface area contributed by atoms with Crippen molar-refractivity contribution in [1.82, 2.24) is 0 Å². The minimum atomic E-state index is -3.25. The Morgan fingerprint density at radius 1 is 1.15 bits per heavy atom. The highest BCUT2D eigenvalue weighted by Crippen LogP contribution is 2.21. The molecule has 20 heavy (non-hydrogen) atoms. The molecule has 0 amide bonds. The third kappa shape index (κ3) is 4.04. The second-order valence-corrected chi connectivity index (χ2v) is 7.95. The molecule has 0 aliphatic rings. The molecule has 2 aromatic rings. The van der Waals surface area contributed by atoms with Crippen LogP contribution in [0.1, 0.15) is 17.2 Å². The molecule has 0 saturated heterocycles. The highest BCUT2D eigenvalue weighted by Gasteiger charge is 2.13. The van der Waals surface area contributed by atoms with E-state index in [1.807, 2.05) is 24.3 Å². The SMILES string of the molecule is CS(=O)(=O)c1cccc(C(O)Cc2ccc(I)cc2)c1. The summed E-state index contributed by atoms with van der Waals surface area (Å²) in [7, 11) is -3.25. The van der Waals surface area contributed by atoms with Crippen LogP contribution in [0.15, 0.2) is 53.4 Å². The van der Waals surface area contributed by atoms with Gasteiger partial charge in [-0.15, -0.1) is 0 Å². The van der Waals surface area contributed by atoms with Crippen molar-refractivity contribution in [1.29, 1.82) is 0 Å². The first-order valence-electron chi connectivity index (χ1n) is 6.09. The zero-order chi connectivity index (χ0) is 14.8. The normalized spacial score (nSPS) is 13.2. The Morgan fingerprint density at radius 2 is 1.80 bits per heavy atom. The average molecular weight is 402 g/mol. The van der Waals surface area contributed by atoms with Gasteiger partial charge in [0.1, 0.15) is 0 Å². The van der Waals surface area contributed by atoms with Crippen molar-refractivity contribution < 1.29 is 13.5 Å². The molecule has 0 saturated carbocycles. The summed E-state index contributed by atoms with van der Waals surface area (Å²) in [5.74, 6) is 0. The monoisotopic (exact) mass is 402 g/mol. The zero-order valence-corrected chi connectivity index (χ0v) is 13.9. The van der Waals surface area contributed by atoms with Gasteiger partial charge in [0.25, 0.3) is 0 Å². The van der Waals surface area contributed by atoms with Crippen molar-refractivity contribution >= 4 is 32.4 Å². The molecule has 1 unspecified atom stereocenters. The first kappa shape index (κ1) is 15.5. The fourth-order valence-corrected chi connectivity index (χ4v) is 2.95. The summed E-state index contributed by atoms with van der Waals surface area (Å²) in [6.07, 6.45) is 0.915. The van der Waals surface area contributed by atoms with Crippen LogP contribution in [0, 0.1) is 3.57 Å². The van der Waals surface area contributed by atoms with Crippen LogP contribution < -0.4 is 0 Å². The lowest BCUT2D eigenvalue weighted by Crippen LogP contribution is -2.04. The average Bonchev–Trinajstić information content (AvgIpc) is 2.40. The van der Waals surface area contributed by atoms with Crippen LogP contribution in [0.25, 0.3) is 0 Å². The van der Waals surface area contributed by atoms with E-state index in [9.17, 15) is 13.5 Å². The van der Waals surface area contributed by atoms with Crippen molar-refractivity contribution in [3.63, 3.8) is 0 Å². The highest BCUT2D eigenvalue weighted by molar-refractivity contribution is 14.1. The van der Waals surface area contributed by atoms with Gasteiger partial charge in [-0.05, 0) is 58.0 Å². The molecule has 1 N–H and O–H groups in total. The molecule has 0 aliphatic carbocycles. The highest BCUT2D eigenvalue weighted by atomic mass is 127. The maximum atomic E-state index is 11.5. The van der Waals surface area contributed by atoms with Gasteiger partial charge in [0.15, 0.2) is 9.84 Å². The molecule has 0 spiro atoms. The van der Waals surface area contributed by atoms with E-state index in [-0.39, 0.29) is 4.90 Å². The molecule has 0 fully saturated rings. The molecule has 0 bridgehead atoms. The Kier molecular flexibility index (Phi) is 4.82. The lowest BCUT2D eigenvalue weighted by atomic mass is 10.0. The van der Waals surface area contributed by atoms with Crippen LogP contribution in [0.2, 0.25) is 0 Å². The fourth-order valence-electron chi connectivity index (χ4n) is 1.91. The molecule has 1 atom stereocenters. The van der Waals surface area contributed by atoms with Crippen LogP contribution in [-0.2, 0) is 16.3 Å². The van der Waals surface area contributed by atoms with Crippen molar-refractivity contribution in [3.8, 4) is 0 Å². The number of sulfone groups is 1. The summed E-state index contributed by atoms with van der Waals surface area (Å²) >= 11 is 2.23. The van der Waals surface area contributed by atoms with Gasteiger partial charge >= 0.3 is 0 Å². The molecule has 0 heterocycles. The van der Waals surface area contributed by atoms with Crippen LogP contribution >= 0.6 is 22.6 Å². The number of benzene rings is 2. The molecule has 0 aliphatic heterocycles. The van der Waals surface area contributed by atoms with E-state index in [2.05, 4.69) is 22.6 Å². The van der Waals surface area contributed by atoms with Crippen molar-refractivity contribution in [2.45, 2.75) is 17.4 Å². The lowest BCUT2D eigenvalue weighted by molar-refractivity contribution is 0.178. The predicted octanol–water partition coefficient (Wildman–Crippen LogP) is 2.97. The van der Waals surface area contributed by atoms with Crippen LogP contribution in [0.5, 0.6) is 0 Å². The van der Waals surface area contributed by atoms with E-state index in [0.29, 0.717) is 12.0 Å². The van der Waals surface area contributed by atoms with E-state index in [1.54, 1.807) is 12.1 Å². The Morgan fingerprint density at radius 3 is 2.40 bits per heavy atom. The van der Waals surface area contributed by atoms with Crippen molar-refractivity contribution in [2.75, 3.05) is 6.26 Å². The van der Waals surface area contributed by atoms with E-state index in [4.69, 9.17) is 0 Å². The number of aliphatic hydroxyl groups is 1. The smallest absolute Gasteiger partial charge is 0.175 e. The topological polar surface area (TPSA) is 54.4 Å². The predicted molar refractivity (Wildman–Crippen MR) is 87.4 cm³/mol. The molecule has 2 rings (SSSR count). The minimum Gasteiger partial charge on any atom is -0.388 e. The first-order chi connectivity index (χ1) is 9.36. The molecular weight excluding hydrogens is 387 g/mol. The van der Waals surface area contributed by atoms with Crippen LogP contribution in [0.3, 0.4) is 0 Å². The van der Waals surface area contributed by atoms with E-state index >= 15 is 0 Å². The molecule has 2 aromatic carbocycles. The van der Waals surface area contributed by atoms with Crippen molar-refractivity contribution in [3.05, 3.63) is 63.2 Å². The van der Waals surface area contributed by atoms with E-state index < -0.39 is 15.9 Å². The second-order valence-electron chi connectivity index (χ2n) is 4.69. The summed E-state index contributed by atoms with van der Waals surface area (Å²) in [6.45, 7) is 0. The Bertz CT molecular complexity index is 693. The Hall–Kier alpha value is -0.920. The molecule has 106 valence electrons. The number of rotatable bonds is 4. The summed E-state index contributed by atoms with van der Waals surface area (Å²) in [6, 6.07) is 14.4. The van der Waals surface area contributed by atoms with Gasteiger partial charge in [-0.1, -0.05) is 24.3 Å². The van der Waals surface area contributed by atoms with Gasteiger partial charge in [0, 0.05) is 16.2 Å². The maximum absolute atomic E-state index is 11.5. The molecule has 0 radical (unpaired) electrons. The fraction of sp³-hybridized carbons (Fsp3) is 0.200. The third-order valence-electron chi connectivity index (χ3n) is 3.01. The van der Waals surface area contributed by atoms with E-state index in [1.165, 1.54) is 12.1 Å². The summed E-state index contributed by atoms with van der Waals surface area (Å²) in [4.78, 5) is 0.233. The van der Waals surface area contributed by atoms with Crippen LogP contribution in [0.4, 0.5) is 0 Å². The van der Waals surface area contributed by atoms with Gasteiger partial charge in [-0.3, -0.25) is 0 Å². The largest absolute Gasteiger partial charge is 0.388 e. The third-order valence-corrected chi connectivity index (χ3v) is 4.84. The lowest BCUT2D eigenvalue weighted by Gasteiger charge is -2.12. The summed E-state index contributed by atoms with van der Waals surface area (Å²) < 4.78 is 24.2. The standard InChI is InChI=1S/C15H15IO3S/c1-20(18,19)14-4-2-3-12(10-14)15(17)9-11-5-7-13(16)8-6-11/h2-8,10,15,17H,9H2,1H3. The number of hydrogen-bond acceptors (Lipinski definition) is 3. The Balaban J connectivity index is 2.21. The van der Waals surface area contributed by atoms with Crippen molar-refractivity contribution in [2.24, 2.45) is 0 Å². The van der Waals surface area contributed by atoms with E-state index in [0.717, 1.165) is 15.4 Å². The number of halogens is 1. The van der Waals surface area contributed by atoms with Gasteiger partial charge in [0.05, 0.1) is 11.0 Å². The first-order valence-corrected chi connectivity index (χ1v) is 9.06. The van der Waals surface area contributed by atoms with Gasteiger partial charge in [-0.25, -0.2) is 8.42 Å². The molecule has 3 nitrogen and oxygen atoms in total. The van der Waals surface area contributed by atoms with Gasteiger partial charge < -0.3 is 5.11 Å². The maximum Gasteiger partial charge on any atom is 0.175 e. The Labute approximate surface area is 132 Å². The molecule has 0 aromatic heterocycles. The molecule has 5 heteroatoms. The summed E-state index contributed by atoms with van der Waals surface area (Å²) in [5, 5.41) is 10.2. The zero-order valence-electron chi connectivity index (χ0n) is 11.0. The number of aliphatic hydroxyl groups excluding tert-OH is 1.